The largest absolute Gasteiger partial charge is 0.481 e. The van der Waals surface area contributed by atoms with Crippen LogP contribution in [0.5, 0.6) is 0 Å². The van der Waals surface area contributed by atoms with Crippen molar-refractivity contribution in [2.45, 2.75) is 12.5 Å². The SMILES string of the molecule is O=C(O)CC(NC(=O)c1ccc(N2CCN(C(=O)c3ccccc3)CC2)c([N+](=O)[O-])c1)c1cccnc1. The van der Waals surface area contributed by atoms with Crippen molar-refractivity contribution in [3.63, 3.8) is 0 Å². The van der Waals surface area contributed by atoms with Gasteiger partial charge in [-0.3, -0.25) is 29.5 Å². The molecule has 0 radical (unpaired) electrons. The van der Waals surface area contributed by atoms with Gasteiger partial charge < -0.3 is 20.2 Å². The van der Waals surface area contributed by atoms with Gasteiger partial charge in [0.05, 0.1) is 17.4 Å². The number of anilines is 1. The van der Waals surface area contributed by atoms with Crippen molar-refractivity contribution >= 4 is 29.2 Å². The third-order valence-electron chi connectivity index (χ3n) is 6.13. The first kappa shape index (κ1) is 25.3. The number of nitrogens with zero attached hydrogens (tertiary/aromatic N) is 4. The summed E-state index contributed by atoms with van der Waals surface area (Å²) in [6.45, 7) is 1.59. The first-order valence-electron chi connectivity index (χ1n) is 11.6. The maximum absolute atomic E-state index is 12.9. The van der Waals surface area contributed by atoms with Crippen LogP contribution < -0.4 is 10.2 Å². The fraction of sp³-hybridized carbons (Fsp3) is 0.231. The van der Waals surface area contributed by atoms with Gasteiger partial charge in [0.25, 0.3) is 17.5 Å². The molecule has 1 aromatic heterocycles. The number of carboxylic acids is 1. The van der Waals surface area contributed by atoms with Crippen LogP contribution in [0, 0.1) is 10.1 Å². The molecule has 1 saturated heterocycles. The van der Waals surface area contributed by atoms with Crippen molar-refractivity contribution in [3.05, 3.63) is 99.9 Å². The first-order valence-corrected chi connectivity index (χ1v) is 11.6. The number of carboxylic acid groups (broad SMARTS) is 1. The maximum Gasteiger partial charge on any atom is 0.305 e. The molecule has 2 amide bonds. The lowest BCUT2D eigenvalue weighted by Crippen LogP contribution is -2.49. The minimum Gasteiger partial charge on any atom is -0.481 e. The van der Waals surface area contributed by atoms with E-state index in [2.05, 4.69) is 10.3 Å². The second kappa shape index (κ2) is 11.3. The van der Waals surface area contributed by atoms with E-state index in [1.807, 2.05) is 11.0 Å². The highest BCUT2D eigenvalue weighted by molar-refractivity contribution is 5.96. The number of pyridine rings is 1. The molecule has 1 fully saturated rings. The second-order valence-electron chi connectivity index (χ2n) is 8.52. The average Bonchev–Trinajstić information content (AvgIpc) is 2.92. The van der Waals surface area contributed by atoms with Crippen molar-refractivity contribution in [2.24, 2.45) is 0 Å². The van der Waals surface area contributed by atoms with Gasteiger partial charge in [0.2, 0.25) is 0 Å². The second-order valence-corrected chi connectivity index (χ2v) is 8.52. The number of hydrogen-bond acceptors (Lipinski definition) is 7. The van der Waals surface area contributed by atoms with Crippen LogP contribution in [0.25, 0.3) is 0 Å². The van der Waals surface area contributed by atoms with E-state index < -0.39 is 22.8 Å². The van der Waals surface area contributed by atoms with E-state index in [1.54, 1.807) is 41.3 Å². The first-order chi connectivity index (χ1) is 17.8. The quantitative estimate of drug-likeness (QED) is 0.352. The van der Waals surface area contributed by atoms with E-state index >= 15 is 0 Å². The lowest BCUT2D eigenvalue weighted by atomic mass is 10.0. The number of carbonyl (C=O) groups is 3. The molecule has 0 bridgehead atoms. The Morgan fingerprint density at radius 3 is 2.35 bits per heavy atom. The van der Waals surface area contributed by atoms with Crippen LogP contribution in [-0.2, 0) is 4.79 Å². The summed E-state index contributed by atoms with van der Waals surface area (Å²) >= 11 is 0. The predicted molar refractivity (Wildman–Crippen MR) is 134 cm³/mol. The number of nitro groups is 1. The number of benzene rings is 2. The Bertz CT molecular complexity index is 1290. The van der Waals surface area contributed by atoms with Crippen LogP contribution in [0.3, 0.4) is 0 Å². The number of aliphatic carboxylic acids is 1. The van der Waals surface area contributed by atoms with Crippen LogP contribution in [0.2, 0.25) is 0 Å². The standard InChI is InChI=1S/C26H25N5O6/c32-24(33)16-21(20-7-4-10-27-17-20)28-25(34)19-8-9-22(23(15-19)31(36)37)29-11-13-30(14-12-29)26(35)18-5-2-1-3-6-18/h1-10,15,17,21H,11-14,16H2,(H,28,34)(H,32,33). The molecule has 3 aromatic rings. The molecule has 190 valence electrons. The van der Waals surface area contributed by atoms with Gasteiger partial charge in [0.1, 0.15) is 5.69 Å². The number of amides is 2. The molecule has 2 aromatic carbocycles. The van der Waals surface area contributed by atoms with Gasteiger partial charge in [-0.25, -0.2) is 0 Å². The summed E-state index contributed by atoms with van der Waals surface area (Å²) in [5.41, 5.74) is 1.24. The van der Waals surface area contributed by atoms with Gasteiger partial charge in [-0.2, -0.15) is 0 Å². The molecule has 4 rings (SSSR count). The lowest BCUT2D eigenvalue weighted by Gasteiger charge is -2.36. The van der Waals surface area contributed by atoms with Gasteiger partial charge in [0, 0.05) is 55.8 Å². The third-order valence-corrected chi connectivity index (χ3v) is 6.13. The number of nitro benzene ring substituents is 1. The zero-order chi connectivity index (χ0) is 26.4. The van der Waals surface area contributed by atoms with Crippen LogP contribution in [0.1, 0.15) is 38.7 Å². The van der Waals surface area contributed by atoms with E-state index in [-0.39, 0.29) is 23.6 Å². The maximum atomic E-state index is 12.9. The minimum atomic E-state index is -1.11. The summed E-state index contributed by atoms with van der Waals surface area (Å²) in [7, 11) is 0. The highest BCUT2D eigenvalue weighted by Crippen LogP contribution is 2.31. The van der Waals surface area contributed by atoms with E-state index in [1.165, 1.54) is 30.6 Å². The van der Waals surface area contributed by atoms with Crippen LogP contribution in [-0.4, -0.2) is 63.9 Å². The van der Waals surface area contributed by atoms with Crippen LogP contribution in [0.4, 0.5) is 11.4 Å². The zero-order valence-corrected chi connectivity index (χ0v) is 19.8. The Morgan fingerprint density at radius 1 is 1.00 bits per heavy atom. The molecule has 1 atom stereocenters. The van der Waals surface area contributed by atoms with E-state index in [9.17, 15) is 29.6 Å². The van der Waals surface area contributed by atoms with Crippen molar-refractivity contribution in [1.82, 2.24) is 15.2 Å². The highest BCUT2D eigenvalue weighted by atomic mass is 16.6. The van der Waals surface area contributed by atoms with Crippen molar-refractivity contribution in [3.8, 4) is 0 Å². The molecular weight excluding hydrogens is 478 g/mol. The number of nitrogens with one attached hydrogen (secondary N) is 1. The molecule has 1 aliphatic rings. The molecule has 1 aliphatic heterocycles. The zero-order valence-electron chi connectivity index (χ0n) is 19.8. The normalized spacial score (nSPS) is 14.1. The summed E-state index contributed by atoms with van der Waals surface area (Å²) in [5, 5.41) is 23.8. The third kappa shape index (κ3) is 6.07. The summed E-state index contributed by atoms with van der Waals surface area (Å²) in [5.74, 6) is -1.84. The molecular formula is C26H25N5O6. The molecule has 2 N–H and O–H groups in total. The lowest BCUT2D eigenvalue weighted by molar-refractivity contribution is -0.384. The molecule has 0 saturated carbocycles. The summed E-state index contributed by atoms with van der Waals surface area (Å²) in [6.07, 6.45) is 2.62. The Kier molecular flexibility index (Phi) is 7.72. The summed E-state index contributed by atoms with van der Waals surface area (Å²) in [4.78, 5) is 55.8. The van der Waals surface area contributed by atoms with E-state index in [0.29, 0.717) is 43.0 Å². The Labute approximate surface area is 212 Å². The predicted octanol–water partition coefficient (Wildman–Crippen LogP) is 2.90. The Hall–Kier alpha value is -4.80. The molecule has 11 heteroatoms. The van der Waals surface area contributed by atoms with Crippen molar-refractivity contribution < 1.29 is 24.4 Å². The van der Waals surface area contributed by atoms with Gasteiger partial charge in [-0.05, 0) is 35.9 Å². The van der Waals surface area contributed by atoms with Gasteiger partial charge in [-0.15, -0.1) is 0 Å². The van der Waals surface area contributed by atoms with Gasteiger partial charge in [0.15, 0.2) is 0 Å². The molecule has 11 nitrogen and oxygen atoms in total. The number of hydrogen-bond donors (Lipinski definition) is 2. The molecule has 0 aliphatic carbocycles. The van der Waals surface area contributed by atoms with Crippen LogP contribution >= 0.6 is 0 Å². The van der Waals surface area contributed by atoms with Crippen molar-refractivity contribution in [1.29, 1.82) is 0 Å². The molecule has 1 unspecified atom stereocenters. The monoisotopic (exact) mass is 503 g/mol. The highest BCUT2D eigenvalue weighted by Gasteiger charge is 2.28. The number of aromatic nitrogens is 1. The minimum absolute atomic E-state index is 0.0348. The topological polar surface area (TPSA) is 146 Å². The fourth-order valence-corrected chi connectivity index (χ4v) is 4.24. The van der Waals surface area contributed by atoms with E-state index in [4.69, 9.17) is 0 Å². The molecule has 37 heavy (non-hydrogen) atoms. The smallest absolute Gasteiger partial charge is 0.305 e. The van der Waals surface area contributed by atoms with Gasteiger partial charge >= 0.3 is 5.97 Å². The van der Waals surface area contributed by atoms with Crippen LogP contribution in [0.15, 0.2) is 73.1 Å². The molecule has 2 heterocycles. The summed E-state index contributed by atoms with van der Waals surface area (Å²) < 4.78 is 0. The van der Waals surface area contributed by atoms with E-state index in [0.717, 1.165) is 0 Å². The summed E-state index contributed by atoms with van der Waals surface area (Å²) in [6, 6.07) is 15.5. The number of rotatable bonds is 8. The molecule has 0 spiro atoms. The fourth-order valence-electron chi connectivity index (χ4n) is 4.24. The van der Waals surface area contributed by atoms with Crippen molar-refractivity contribution in [2.75, 3.05) is 31.1 Å². The van der Waals surface area contributed by atoms with Gasteiger partial charge in [-0.1, -0.05) is 24.3 Å². The Balaban J connectivity index is 1.48. The Morgan fingerprint density at radius 2 is 1.73 bits per heavy atom. The number of carbonyl (C=O) groups excluding carboxylic acids is 2. The number of piperazine rings is 1. The average molecular weight is 504 g/mol.